The van der Waals surface area contributed by atoms with Crippen molar-refractivity contribution in [2.45, 2.75) is 19.4 Å². The summed E-state index contributed by atoms with van der Waals surface area (Å²) in [5.41, 5.74) is 1.18. The van der Waals surface area contributed by atoms with E-state index in [1.165, 1.54) is 6.07 Å². The van der Waals surface area contributed by atoms with Gasteiger partial charge in [0.2, 0.25) is 5.91 Å². The first-order chi connectivity index (χ1) is 14.9. The van der Waals surface area contributed by atoms with Gasteiger partial charge in [-0.1, -0.05) is 18.2 Å². The van der Waals surface area contributed by atoms with E-state index in [4.69, 9.17) is 0 Å². The zero-order valence-electron chi connectivity index (χ0n) is 16.6. The predicted octanol–water partition coefficient (Wildman–Crippen LogP) is 3.10. The highest BCUT2D eigenvalue weighted by Crippen LogP contribution is 2.32. The lowest BCUT2D eigenvalue weighted by Gasteiger charge is -2.18. The Kier molecular flexibility index (Phi) is 5.90. The smallest absolute Gasteiger partial charge is 0.294 e. The average Bonchev–Trinajstić information content (AvgIpc) is 3.48. The van der Waals surface area contributed by atoms with Crippen LogP contribution >= 0.6 is 11.8 Å². The second-order valence-corrected chi connectivity index (χ2v) is 8.30. The maximum atomic E-state index is 12.8. The molecule has 2 aromatic rings. The summed E-state index contributed by atoms with van der Waals surface area (Å²) in [5, 5.41) is 10.8. The Bertz CT molecular complexity index is 1090. The first-order valence-corrected chi connectivity index (χ1v) is 10.7. The molecule has 10 heteroatoms. The normalized spacial score (nSPS) is 17.7. The van der Waals surface area contributed by atoms with Crippen molar-refractivity contribution in [2.24, 2.45) is 0 Å². The molecule has 9 nitrogen and oxygen atoms in total. The second kappa shape index (κ2) is 8.76. The van der Waals surface area contributed by atoms with Gasteiger partial charge in [-0.25, -0.2) is 0 Å². The number of carbonyl (C=O) groups is 3. The van der Waals surface area contributed by atoms with E-state index < -0.39 is 16.1 Å². The average molecular weight is 440 g/mol. The third kappa shape index (κ3) is 4.38. The van der Waals surface area contributed by atoms with Crippen LogP contribution in [0.25, 0.3) is 6.08 Å². The molecule has 0 radical (unpaired) electrons. The van der Waals surface area contributed by atoms with Crippen molar-refractivity contribution in [1.29, 1.82) is 0 Å². The zero-order valence-corrected chi connectivity index (χ0v) is 17.4. The lowest BCUT2D eigenvalue weighted by Crippen LogP contribution is -2.40. The third-order valence-corrected chi connectivity index (χ3v) is 6.21. The van der Waals surface area contributed by atoms with E-state index in [0.717, 1.165) is 29.5 Å². The molecule has 0 saturated carbocycles. The summed E-state index contributed by atoms with van der Waals surface area (Å²) in [5.74, 6) is -0.721. The first kappa shape index (κ1) is 20.9. The number of para-hydroxylation sites is 1. The van der Waals surface area contributed by atoms with Crippen LogP contribution in [0.15, 0.2) is 47.5 Å². The number of hydrogen-bond donors (Lipinski definition) is 0. The van der Waals surface area contributed by atoms with E-state index in [-0.39, 0.29) is 29.6 Å². The third-order valence-electron chi connectivity index (χ3n) is 5.30. The molecule has 0 atom stereocenters. The van der Waals surface area contributed by atoms with Crippen molar-refractivity contribution in [2.75, 3.05) is 19.6 Å². The standard InChI is InChI=1S/C21H20N4O5S/c26-19(22-9-3-4-10-22)14-24-20(27)18(31-21(24)28)12-16-7-5-11-23(16)13-15-6-1-2-8-17(15)25(29)30/h1-2,5-8,11-12H,3-4,9-10,13-14H2/b18-12-. The van der Waals surface area contributed by atoms with Crippen LogP contribution in [0.2, 0.25) is 0 Å². The molecular formula is C21H20N4O5S. The van der Waals surface area contributed by atoms with Gasteiger partial charge in [0.05, 0.1) is 16.4 Å². The molecule has 0 unspecified atom stereocenters. The molecule has 0 bridgehead atoms. The number of amides is 3. The van der Waals surface area contributed by atoms with E-state index in [2.05, 4.69) is 0 Å². The summed E-state index contributed by atoms with van der Waals surface area (Å²) in [6, 6.07) is 9.99. The Hall–Kier alpha value is -3.40. The SMILES string of the molecule is O=C(CN1C(=O)S/C(=C\c2cccn2Cc2ccccc2[N+](=O)[O-])C1=O)N1CCCC1. The Morgan fingerprint density at radius 3 is 2.61 bits per heavy atom. The van der Waals surface area contributed by atoms with Crippen LogP contribution in [0.1, 0.15) is 24.1 Å². The largest absolute Gasteiger partial charge is 0.343 e. The van der Waals surface area contributed by atoms with Crippen LogP contribution in [0.5, 0.6) is 0 Å². The van der Waals surface area contributed by atoms with Crippen molar-refractivity contribution >= 4 is 40.6 Å². The number of nitrogens with zero attached hydrogens (tertiary/aromatic N) is 4. The minimum absolute atomic E-state index is 0.0166. The van der Waals surface area contributed by atoms with Gasteiger partial charge in [-0.3, -0.25) is 29.4 Å². The van der Waals surface area contributed by atoms with Crippen LogP contribution < -0.4 is 0 Å². The summed E-state index contributed by atoms with van der Waals surface area (Å²) in [4.78, 5) is 51.2. The predicted molar refractivity (Wildman–Crippen MR) is 115 cm³/mol. The van der Waals surface area contributed by atoms with Gasteiger partial charge in [0.1, 0.15) is 6.54 Å². The maximum absolute atomic E-state index is 12.8. The van der Waals surface area contributed by atoms with Gasteiger partial charge in [-0.2, -0.15) is 0 Å². The van der Waals surface area contributed by atoms with Crippen molar-refractivity contribution in [1.82, 2.24) is 14.4 Å². The fraction of sp³-hybridized carbons (Fsp3) is 0.286. The molecule has 3 amide bonds. The van der Waals surface area contributed by atoms with E-state index in [1.54, 1.807) is 52.1 Å². The minimum atomic E-state index is -0.499. The van der Waals surface area contributed by atoms with Crippen molar-refractivity contribution in [3.8, 4) is 0 Å². The monoisotopic (exact) mass is 440 g/mol. The number of thioether (sulfide) groups is 1. The Labute approximate surface area is 182 Å². The minimum Gasteiger partial charge on any atom is -0.343 e. The molecule has 2 aliphatic rings. The molecule has 0 spiro atoms. The number of nitro groups is 1. The molecule has 4 rings (SSSR count). The number of rotatable bonds is 6. The molecule has 1 aromatic heterocycles. The Morgan fingerprint density at radius 1 is 1.13 bits per heavy atom. The fourth-order valence-corrected chi connectivity index (χ4v) is 4.50. The molecular weight excluding hydrogens is 420 g/mol. The van der Waals surface area contributed by atoms with Crippen molar-refractivity contribution in [3.05, 3.63) is 68.9 Å². The number of benzene rings is 1. The number of carbonyl (C=O) groups excluding carboxylic acids is 3. The van der Waals surface area contributed by atoms with Crippen LogP contribution in [0.4, 0.5) is 10.5 Å². The molecule has 2 aliphatic heterocycles. The van der Waals surface area contributed by atoms with Crippen molar-refractivity contribution in [3.63, 3.8) is 0 Å². The topological polar surface area (TPSA) is 106 Å². The van der Waals surface area contributed by atoms with Gasteiger partial charge >= 0.3 is 0 Å². The van der Waals surface area contributed by atoms with Gasteiger partial charge in [-0.05, 0) is 42.8 Å². The van der Waals surface area contributed by atoms with Gasteiger partial charge in [0, 0.05) is 36.6 Å². The van der Waals surface area contributed by atoms with Crippen molar-refractivity contribution < 1.29 is 19.3 Å². The second-order valence-electron chi connectivity index (χ2n) is 7.30. The first-order valence-electron chi connectivity index (χ1n) is 9.84. The molecule has 2 fully saturated rings. The summed E-state index contributed by atoms with van der Waals surface area (Å²) in [7, 11) is 0. The number of aromatic nitrogens is 1. The number of nitro benzene ring substituents is 1. The van der Waals surface area contributed by atoms with E-state index in [1.807, 2.05) is 0 Å². The van der Waals surface area contributed by atoms with Crippen LogP contribution in [-0.4, -0.2) is 56.0 Å². The Morgan fingerprint density at radius 2 is 1.87 bits per heavy atom. The van der Waals surface area contributed by atoms with Crippen LogP contribution in [0, 0.1) is 10.1 Å². The van der Waals surface area contributed by atoms with E-state index in [0.29, 0.717) is 24.3 Å². The highest BCUT2D eigenvalue weighted by molar-refractivity contribution is 8.18. The van der Waals surface area contributed by atoms with Gasteiger partial charge in [-0.15, -0.1) is 0 Å². The summed E-state index contributed by atoms with van der Waals surface area (Å²) < 4.78 is 1.77. The number of imide groups is 1. The van der Waals surface area contributed by atoms with Gasteiger partial charge < -0.3 is 9.47 Å². The summed E-state index contributed by atoms with van der Waals surface area (Å²) in [6.07, 6.45) is 5.21. The fourth-order valence-electron chi connectivity index (χ4n) is 3.68. The molecule has 160 valence electrons. The number of hydrogen-bond acceptors (Lipinski definition) is 6. The molecule has 2 saturated heterocycles. The molecule has 0 N–H and O–H groups in total. The van der Waals surface area contributed by atoms with E-state index in [9.17, 15) is 24.5 Å². The highest BCUT2D eigenvalue weighted by Gasteiger charge is 2.37. The quantitative estimate of drug-likeness (QED) is 0.388. The highest BCUT2D eigenvalue weighted by atomic mass is 32.2. The number of likely N-dealkylation sites (tertiary alicyclic amines) is 1. The maximum Gasteiger partial charge on any atom is 0.294 e. The van der Waals surface area contributed by atoms with Crippen LogP contribution in [0.3, 0.4) is 0 Å². The molecule has 0 aliphatic carbocycles. The summed E-state index contributed by atoms with van der Waals surface area (Å²) in [6.45, 7) is 1.31. The van der Waals surface area contributed by atoms with Crippen LogP contribution in [-0.2, 0) is 16.1 Å². The molecule has 1 aromatic carbocycles. The molecule has 3 heterocycles. The molecule has 31 heavy (non-hydrogen) atoms. The van der Waals surface area contributed by atoms with E-state index >= 15 is 0 Å². The summed E-state index contributed by atoms with van der Waals surface area (Å²) >= 11 is 0.794. The Balaban J connectivity index is 1.52. The zero-order chi connectivity index (χ0) is 22.0. The van der Waals surface area contributed by atoms with Gasteiger partial charge in [0.25, 0.3) is 16.8 Å². The van der Waals surface area contributed by atoms with Gasteiger partial charge in [0.15, 0.2) is 0 Å². The lowest BCUT2D eigenvalue weighted by molar-refractivity contribution is -0.385. The lowest BCUT2D eigenvalue weighted by atomic mass is 10.2.